The second-order valence-corrected chi connectivity index (χ2v) is 5.30. The summed E-state index contributed by atoms with van der Waals surface area (Å²) >= 11 is 6.29. The fraction of sp³-hybridized carbons (Fsp3) is 0.538. The van der Waals surface area contributed by atoms with Crippen LogP contribution in [0.4, 0.5) is 5.82 Å². The zero-order valence-electron chi connectivity index (χ0n) is 11.4. The van der Waals surface area contributed by atoms with Crippen LogP contribution in [0.25, 0.3) is 0 Å². The average molecular weight is 299 g/mol. The molecule has 1 aromatic rings. The van der Waals surface area contributed by atoms with Gasteiger partial charge in [0.05, 0.1) is 5.02 Å². The molecule has 20 heavy (non-hydrogen) atoms. The Morgan fingerprint density at radius 1 is 1.60 bits per heavy atom. The zero-order chi connectivity index (χ0) is 14.5. The van der Waals surface area contributed by atoms with E-state index in [0.29, 0.717) is 22.3 Å². The van der Waals surface area contributed by atoms with Gasteiger partial charge < -0.3 is 20.6 Å². The number of hydrogen-bond donors (Lipinski definition) is 2. The smallest absolute Gasteiger partial charge is 0.171 e. The second-order valence-electron chi connectivity index (χ2n) is 4.92. The van der Waals surface area contributed by atoms with Crippen molar-refractivity contribution in [3.63, 3.8) is 0 Å². The Morgan fingerprint density at radius 3 is 2.95 bits per heavy atom. The van der Waals surface area contributed by atoms with E-state index >= 15 is 0 Å². The Hall–Kier alpha value is -1.53. The largest absolute Gasteiger partial charge is 0.409 e. The molecule has 0 aromatic carbocycles. The average Bonchev–Trinajstić information content (AvgIpc) is 2.47. The first-order chi connectivity index (χ1) is 9.63. The van der Waals surface area contributed by atoms with Gasteiger partial charge in [-0.15, -0.1) is 0 Å². The first kappa shape index (κ1) is 14.9. The highest BCUT2D eigenvalue weighted by Crippen LogP contribution is 2.27. The topological polar surface area (TPSA) is 84.0 Å². The normalized spacial score (nSPS) is 17.2. The number of nitrogens with two attached hydrogens (primary N) is 1. The van der Waals surface area contributed by atoms with Gasteiger partial charge in [-0.1, -0.05) is 16.8 Å². The third-order valence-corrected chi connectivity index (χ3v) is 3.86. The highest BCUT2D eigenvalue weighted by molar-refractivity contribution is 6.36. The van der Waals surface area contributed by atoms with Crippen LogP contribution in [0.2, 0.25) is 5.02 Å². The molecule has 2 rings (SSSR count). The van der Waals surface area contributed by atoms with Crippen molar-refractivity contribution < 1.29 is 9.94 Å². The first-order valence-corrected chi connectivity index (χ1v) is 6.92. The van der Waals surface area contributed by atoms with E-state index in [4.69, 9.17) is 27.3 Å². The summed E-state index contributed by atoms with van der Waals surface area (Å²) in [7, 11) is 1.94. The minimum absolute atomic E-state index is 0.0156. The minimum atomic E-state index is -0.0156. The van der Waals surface area contributed by atoms with E-state index in [2.05, 4.69) is 10.1 Å². The summed E-state index contributed by atoms with van der Waals surface area (Å²) in [6.45, 7) is 2.48. The number of oxime groups is 1. The van der Waals surface area contributed by atoms with Crippen molar-refractivity contribution in [2.45, 2.75) is 12.8 Å². The van der Waals surface area contributed by atoms with Gasteiger partial charge in [-0.05, 0) is 24.8 Å². The minimum Gasteiger partial charge on any atom is -0.409 e. The molecule has 1 aromatic heterocycles. The number of pyridine rings is 1. The summed E-state index contributed by atoms with van der Waals surface area (Å²) in [5.74, 6) is 1.19. The van der Waals surface area contributed by atoms with Crippen LogP contribution in [0.1, 0.15) is 18.4 Å². The van der Waals surface area contributed by atoms with Crippen LogP contribution in [0.3, 0.4) is 0 Å². The van der Waals surface area contributed by atoms with Crippen molar-refractivity contribution in [1.82, 2.24) is 4.98 Å². The predicted molar refractivity (Wildman–Crippen MR) is 78.6 cm³/mol. The fourth-order valence-corrected chi connectivity index (χ4v) is 2.71. The summed E-state index contributed by atoms with van der Waals surface area (Å²) in [5, 5.41) is 12.1. The van der Waals surface area contributed by atoms with Gasteiger partial charge in [-0.25, -0.2) is 4.98 Å². The van der Waals surface area contributed by atoms with Crippen molar-refractivity contribution in [3.8, 4) is 0 Å². The summed E-state index contributed by atoms with van der Waals surface area (Å²) in [5.41, 5.74) is 6.09. The van der Waals surface area contributed by atoms with Gasteiger partial charge in [0.1, 0.15) is 5.82 Å². The SMILES string of the molecule is CN(CC1CCOCC1)c1nccc(/C(N)=N/O)c1Cl. The molecule has 0 atom stereocenters. The van der Waals surface area contributed by atoms with Crippen LogP contribution in [0.5, 0.6) is 0 Å². The third-order valence-electron chi connectivity index (χ3n) is 3.49. The van der Waals surface area contributed by atoms with Gasteiger partial charge in [0, 0.05) is 38.6 Å². The standard InChI is InChI=1S/C13H19ClN4O2/c1-18(8-9-3-6-20-7-4-9)13-11(14)10(2-5-16-13)12(15)17-19/h2,5,9,19H,3-4,6-8H2,1H3,(H2,15,17). The van der Waals surface area contributed by atoms with Crippen molar-refractivity contribution in [2.75, 3.05) is 31.7 Å². The van der Waals surface area contributed by atoms with E-state index in [1.165, 1.54) is 0 Å². The summed E-state index contributed by atoms with van der Waals surface area (Å²) in [6.07, 6.45) is 3.69. The molecule has 0 spiro atoms. The Bertz CT molecular complexity index is 489. The number of ether oxygens (including phenoxy) is 1. The van der Waals surface area contributed by atoms with Gasteiger partial charge >= 0.3 is 0 Å². The molecule has 2 heterocycles. The molecule has 1 aliphatic rings. The van der Waals surface area contributed by atoms with Crippen LogP contribution >= 0.6 is 11.6 Å². The number of halogens is 1. The van der Waals surface area contributed by atoms with Gasteiger partial charge in [-0.3, -0.25) is 0 Å². The van der Waals surface area contributed by atoms with Gasteiger partial charge in [0.15, 0.2) is 5.84 Å². The van der Waals surface area contributed by atoms with Crippen LogP contribution in [0.15, 0.2) is 17.4 Å². The number of hydrogen-bond acceptors (Lipinski definition) is 5. The zero-order valence-corrected chi connectivity index (χ0v) is 12.2. The molecule has 110 valence electrons. The maximum atomic E-state index is 8.76. The molecule has 6 nitrogen and oxygen atoms in total. The van der Waals surface area contributed by atoms with E-state index in [1.807, 2.05) is 11.9 Å². The van der Waals surface area contributed by atoms with E-state index in [0.717, 1.165) is 32.6 Å². The molecule has 0 bridgehead atoms. The highest BCUT2D eigenvalue weighted by Gasteiger charge is 2.19. The lowest BCUT2D eigenvalue weighted by Gasteiger charge is -2.28. The molecule has 0 radical (unpaired) electrons. The molecular weight excluding hydrogens is 280 g/mol. The van der Waals surface area contributed by atoms with E-state index < -0.39 is 0 Å². The van der Waals surface area contributed by atoms with Gasteiger partial charge in [-0.2, -0.15) is 0 Å². The van der Waals surface area contributed by atoms with E-state index in [1.54, 1.807) is 12.3 Å². The van der Waals surface area contributed by atoms with Crippen LogP contribution in [0, 0.1) is 5.92 Å². The van der Waals surface area contributed by atoms with Crippen LogP contribution < -0.4 is 10.6 Å². The molecule has 0 saturated carbocycles. The fourth-order valence-electron chi connectivity index (χ4n) is 2.35. The first-order valence-electron chi connectivity index (χ1n) is 6.54. The Morgan fingerprint density at radius 2 is 2.30 bits per heavy atom. The Kier molecular flexibility index (Phi) is 5.03. The lowest BCUT2D eigenvalue weighted by atomic mass is 10.00. The quantitative estimate of drug-likeness (QED) is 0.382. The van der Waals surface area contributed by atoms with Crippen molar-refractivity contribution in [1.29, 1.82) is 0 Å². The number of amidine groups is 1. The summed E-state index contributed by atoms with van der Waals surface area (Å²) < 4.78 is 5.36. The lowest BCUT2D eigenvalue weighted by molar-refractivity contribution is 0.0685. The van der Waals surface area contributed by atoms with Gasteiger partial charge in [0.25, 0.3) is 0 Å². The molecule has 7 heteroatoms. The lowest BCUT2D eigenvalue weighted by Crippen LogP contribution is -2.30. The molecule has 0 amide bonds. The summed E-state index contributed by atoms with van der Waals surface area (Å²) in [4.78, 5) is 6.30. The maximum Gasteiger partial charge on any atom is 0.171 e. The molecular formula is C13H19ClN4O2. The number of aromatic nitrogens is 1. The van der Waals surface area contributed by atoms with Crippen molar-refractivity contribution in [2.24, 2.45) is 16.8 Å². The van der Waals surface area contributed by atoms with E-state index in [-0.39, 0.29) is 5.84 Å². The summed E-state index contributed by atoms with van der Waals surface area (Å²) in [6, 6.07) is 1.63. The molecule has 0 aliphatic carbocycles. The van der Waals surface area contributed by atoms with Crippen molar-refractivity contribution >= 4 is 23.3 Å². The van der Waals surface area contributed by atoms with Crippen molar-refractivity contribution in [3.05, 3.63) is 22.8 Å². The number of nitrogens with zero attached hydrogens (tertiary/aromatic N) is 3. The monoisotopic (exact) mass is 298 g/mol. The number of anilines is 1. The van der Waals surface area contributed by atoms with Crippen LogP contribution in [-0.4, -0.2) is 42.8 Å². The molecule has 1 aliphatic heterocycles. The molecule has 1 fully saturated rings. The molecule has 3 N–H and O–H groups in total. The Balaban J connectivity index is 2.15. The van der Waals surface area contributed by atoms with Gasteiger partial charge in [0.2, 0.25) is 0 Å². The second kappa shape index (κ2) is 6.76. The highest BCUT2D eigenvalue weighted by atomic mass is 35.5. The predicted octanol–water partition coefficient (Wildman–Crippen LogP) is 1.69. The molecule has 1 saturated heterocycles. The maximum absolute atomic E-state index is 8.76. The Labute approximate surface area is 123 Å². The third kappa shape index (κ3) is 3.32. The van der Waals surface area contributed by atoms with Crippen LogP contribution in [-0.2, 0) is 4.74 Å². The van der Waals surface area contributed by atoms with E-state index in [9.17, 15) is 0 Å². The molecule has 0 unspecified atom stereocenters. The number of rotatable bonds is 4.